The number of fused-ring (bicyclic) bond motifs is 1. The minimum Gasteiger partial charge on any atom is -0.348 e. The van der Waals surface area contributed by atoms with E-state index in [2.05, 4.69) is 17.3 Å². The number of rotatable bonds is 3. The van der Waals surface area contributed by atoms with Crippen LogP contribution in [-0.4, -0.2) is 21.7 Å². The minimum absolute atomic E-state index is 0.0203. The van der Waals surface area contributed by atoms with Crippen LogP contribution in [0.25, 0.3) is 0 Å². The number of nitrogens with one attached hydrogen (secondary N) is 1. The summed E-state index contributed by atoms with van der Waals surface area (Å²) in [4.78, 5) is 12.0. The van der Waals surface area contributed by atoms with Gasteiger partial charge in [0.15, 0.2) is 5.69 Å². The fourth-order valence-electron chi connectivity index (χ4n) is 2.19. The highest BCUT2D eigenvalue weighted by atomic mass is 16.2. The first kappa shape index (κ1) is 11.2. The molecule has 0 aromatic carbocycles. The Morgan fingerprint density at radius 3 is 3.00 bits per heavy atom. The van der Waals surface area contributed by atoms with Crippen molar-refractivity contribution in [3.63, 3.8) is 0 Å². The largest absolute Gasteiger partial charge is 0.348 e. The highest BCUT2D eigenvalue weighted by Gasteiger charge is 2.25. The predicted octanol–water partition coefficient (Wildman–Crippen LogP) is 1.44. The van der Waals surface area contributed by atoms with Gasteiger partial charge in [0.05, 0.1) is 0 Å². The summed E-state index contributed by atoms with van der Waals surface area (Å²) in [5.41, 5.74) is 3.02. The van der Waals surface area contributed by atoms with Gasteiger partial charge in [0, 0.05) is 24.3 Å². The molecule has 0 saturated heterocycles. The van der Waals surface area contributed by atoms with Crippen LogP contribution in [0.4, 0.5) is 0 Å². The van der Waals surface area contributed by atoms with E-state index in [1.54, 1.807) is 0 Å². The molecule has 0 radical (unpaired) electrons. The number of carbonyl (C=O) groups excluding carboxylic acids is 1. The molecule has 1 N–H and O–H groups in total. The first-order chi connectivity index (χ1) is 7.63. The zero-order valence-corrected chi connectivity index (χ0v) is 10.2. The molecule has 1 amide bonds. The van der Waals surface area contributed by atoms with Gasteiger partial charge in [-0.15, -0.1) is 0 Å². The molecule has 0 spiro atoms. The van der Waals surface area contributed by atoms with E-state index >= 15 is 0 Å². The Kier molecular flexibility index (Phi) is 2.99. The van der Waals surface area contributed by atoms with E-state index in [-0.39, 0.29) is 11.9 Å². The Hall–Kier alpha value is -1.32. The molecule has 2 rings (SSSR count). The third-order valence-electron chi connectivity index (χ3n) is 3.32. The minimum atomic E-state index is -0.0203. The summed E-state index contributed by atoms with van der Waals surface area (Å²) >= 11 is 0. The molecular weight excluding hydrogens is 202 g/mol. The molecule has 4 nitrogen and oxygen atoms in total. The molecule has 0 fully saturated rings. The summed E-state index contributed by atoms with van der Waals surface area (Å²) in [7, 11) is 1.92. The lowest BCUT2D eigenvalue weighted by Gasteiger charge is -2.10. The number of hydrogen-bond acceptors (Lipinski definition) is 2. The maximum Gasteiger partial charge on any atom is 0.272 e. The molecule has 88 valence electrons. The summed E-state index contributed by atoms with van der Waals surface area (Å²) in [6, 6.07) is 0.214. The van der Waals surface area contributed by atoms with Gasteiger partial charge in [0.1, 0.15) is 0 Å². The van der Waals surface area contributed by atoms with Crippen molar-refractivity contribution >= 4 is 5.91 Å². The van der Waals surface area contributed by atoms with E-state index in [0.29, 0.717) is 5.69 Å². The number of amides is 1. The van der Waals surface area contributed by atoms with Crippen molar-refractivity contribution in [1.29, 1.82) is 0 Å². The zero-order valence-electron chi connectivity index (χ0n) is 10.2. The second-order valence-electron chi connectivity index (χ2n) is 4.53. The van der Waals surface area contributed by atoms with Gasteiger partial charge in [-0.1, -0.05) is 6.92 Å². The van der Waals surface area contributed by atoms with E-state index in [9.17, 15) is 4.79 Å². The molecule has 1 unspecified atom stereocenters. The summed E-state index contributed by atoms with van der Waals surface area (Å²) in [6.07, 6.45) is 4.13. The molecular formula is C12H19N3O. The van der Waals surface area contributed by atoms with Crippen molar-refractivity contribution in [2.45, 2.75) is 45.6 Å². The van der Waals surface area contributed by atoms with Gasteiger partial charge < -0.3 is 5.32 Å². The van der Waals surface area contributed by atoms with Crippen LogP contribution in [0.3, 0.4) is 0 Å². The molecule has 0 bridgehead atoms. The summed E-state index contributed by atoms with van der Waals surface area (Å²) < 4.78 is 1.86. The molecule has 16 heavy (non-hydrogen) atoms. The summed E-state index contributed by atoms with van der Waals surface area (Å²) in [5.74, 6) is -0.0203. The third kappa shape index (κ3) is 1.84. The van der Waals surface area contributed by atoms with Gasteiger partial charge in [0.2, 0.25) is 0 Å². The Balaban J connectivity index is 2.21. The van der Waals surface area contributed by atoms with Crippen LogP contribution in [0.5, 0.6) is 0 Å². The van der Waals surface area contributed by atoms with Crippen molar-refractivity contribution in [3.8, 4) is 0 Å². The third-order valence-corrected chi connectivity index (χ3v) is 3.32. The van der Waals surface area contributed by atoms with Gasteiger partial charge in [0.25, 0.3) is 5.91 Å². The Bertz CT molecular complexity index is 409. The SMILES string of the molecule is CCC(C)NC(=O)c1nn(C)c2c1CCC2. The predicted molar refractivity (Wildman–Crippen MR) is 62.5 cm³/mol. The molecule has 1 aliphatic rings. The van der Waals surface area contributed by atoms with Crippen molar-refractivity contribution < 1.29 is 4.79 Å². The lowest BCUT2D eigenvalue weighted by atomic mass is 10.2. The number of hydrogen-bond donors (Lipinski definition) is 1. The topological polar surface area (TPSA) is 46.9 Å². The monoisotopic (exact) mass is 221 g/mol. The Morgan fingerprint density at radius 1 is 1.56 bits per heavy atom. The van der Waals surface area contributed by atoms with E-state index in [0.717, 1.165) is 31.2 Å². The van der Waals surface area contributed by atoms with Crippen LogP contribution in [0.2, 0.25) is 0 Å². The van der Waals surface area contributed by atoms with Gasteiger partial charge >= 0.3 is 0 Å². The van der Waals surface area contributed by atoms with Gasteiger partial charge in [-0.2, -0.15) is 5.10 Å². The molecule has 4 heteroatoms. The number of nitrogens with zero attached hydrogens (tertiary/aromatic N) is 2. The van der Waals surface area contributed by atoms with Crippen LogP contribution in [-0.2, 0) is 19.9 Å². The lowest BCUT2D eigenvalue weighted by Crippen LogP contribution is -2.32. The zero-order chi connectivity index (χ0) is 11.7. The maximum absolute atomic E-state index is 12.0. The molecule has 1 aromatic rings. The van der Waals surface area contributed by atoms with Crippen LogP contribution in [0.1, 0.15) is 48.4 Å². The van der Waals surface area contributed by atoms with E-state index in [1.165, 1.54) is 5.69 Å². The second-order valence-corrected chi connectivity index (χ2v) is 4.53. The van der Waals surface area contributed by atoms with Crippen LogP contribution < -0.4 is 5.32 Å². The number of aryl methyl sites for hydroxylation is 1. The van der Waals surface area contributed by atoms with Crippen LogP contribution in [0.15, 0.2) is 0 Å². The lowest BCUT2D eigenvalue weighted by molar-refractivity contribution is 0.0932. The average molecular weight is 221 g/mol. The molecule has 1 aliphatic carbocycles. The first-order valence-corrected chi connectivity index (χ1v) is 5.99. The fourth-order valence-corrected chi connectivity index (χ4v) is 2.19. The van der Waals surface area contributed by atoms with E-state index in [4.69, 9.17) is 0 Å². The quantitative estimate of drug-likeness (QED) is 0.839. The smallest absolute Gasteiger partial charge is 0.272 e. The standard InChI is InChI=1S/C12H19N3O/c1-4-8(2)13-12(16)11-9-6-5-7-10(9)15(3)14-11/h8H,4-7H2,1-3H3,(H,13,16). The average Bonchev–Trinajstić information content (AvgIpc) is 2.82. The molecule has 0 aliphatic heterocycles. The van der Waals surface area contributed by atoms with Gasteiger partial charge in [-0.25, -0.2) is 0 Å². The van der Waals surface area contributed by atoms with E-state index in [1.807, 2.05) is 18.7 Å². The second kappa shape index (κ2) is 4.28. The maximum atomic E-state index is 12.0. The van der Waals surface area contributed by atoms with E-state index < -0.39 is 0 Å². The molecule has 1 aromatic heterocycles. The van der Waals surface area contributed by atoms with Crippen molar-refractivity contribution in [2.24, 2.45) is 7.05 Å². The fraction of sp³-hybridized carbons (Fsp3) is 0.667. The van der Waals surface area contributed by atoms with Crippen LogP contribution in [0, 0.1) is 0 Å². The van der Waals surface area contributed by atoms with Gasteiger partial charge in [-0.3, -0.25) is 9.48 Å². The van der Waals surface area contributed by atoms with Crippen molar-refractivity contribution in [2.75, 3.05) is 0 Å². The van der Waals surface area contributed by atoms with Gasteiger partial charge in [-0.05, 0) is 32.6 Å². The normalized spacial score (nSPS) is 15.9. The van der Waals surface area contributed by atoms with Crippen molar-refractivity contribution in [3.05, 3.63) is 17.0 Å². The molecule has 1 atom stereocenters. The number of aromatic nitrogens is 2. The molecule has 1 heterocycles. The Labute approximate surface area is 96.0 Å². The first-order valence-electron chi connectivity index (χ1n) is 5.99. The summed E-state index contributed by atoms with van der Waals surface area (Å²) in [5, 5.41) is 7.30. The highest BCUT2D eigenvalue weighted by molar-refractivity contribution is 5.94. The molecule has 0 saturated carbocycles. The summed E-state index contributed by atoms with van der Waals surface area (Å²) in [6.45, 7) is 4.08. The van der Waals surface area contributed by atoms with Crippen LogP contribution >= 0.6 is 0 Å². The Morgan fingerprint density at radius 2 is 2.31 bits per heavy atom. The number of carbonyl (C=O) groups is 1. The highest BCUT2D eigenvalue weighted by Crippen LogP contribution is 2.24. The van der Waals surface area contributed by atoms with Crippen molar-refractivity contribution in [1.82, 2.24) is 15.1 Å².